The lowest BCUT2D eigenvalue weighted by Gasteiger charge is -2.12. The second kappa shape index (κ2) is 9.91. The average molecular weight is 374 g/mol. The third-order valence-corrected chi connectivity index (χ3v) is 4.96. The number of carbonyl (C=O) groups excluding carboxylic acids is 1. The lowest BCUT2D eigenvalue weighted by atomic mass is 10.1. The second-order valence-corrected chi connectivity index (χ2v) is 7.27. The zero-order valence-electron chi connectivity index (χ0n) is 15.8. The molecule has 0 unspecified atom stereocenters. The molecule has 7 heteroatoms. The number of nitrogens with one attached hydrogen (secondary N) is 3. The van der Waals surface area contributed by atoms with Gasteiger partial charge in [0.1, 0.15) is 5.01 Å². The van der Waals surface area contributed by atoms with Gasteiger partial charge in [-0.3, -0.25) is 9.79 Å². The Morgan fingerprint density at radius 3 is 2.62 bits per heavy atom. The summed E-state index contributed by atoms with van der Waals surface area (Å²) < 4.78 is 0. The van der Waals surface area contributed by atoms with Crippen LogP contribution < -0.4 is 16.0 Å². The van der Waals surface area contributed by atoms with Gasteiger partial charge in [0, 0.05) is 30.6 Å². The van der Waals surface area contributed by atoms with Gasteiger partial charge in [-0.05, 0) is 38.0 Å². The fourth-order valence-corrected chi connectivity index (χ4v) is 3.22. The van der Waals surface area contributed by atoms with Crippen molar-refractivity contribution in [1.29, 1.82) is 0 Å². The van der Waals surface area contributed by atoms with Gasteiger partial charge in [-0.1, -0.05) is 19.1 Å². The Labute approximate surface area is 159 Å². The maximum atomic E-state index is 12.1. The first kappa shape index (κ1) is 19.9. The number of hydrogen-bond acceptors (Lipinski definition) is 4. The monoisotopic (exact) mass is 373 g/mol. The summed E-state index contributed by atoms with van der Waals surface area (Å²) in [7, 11) is 1.74. The van der Waals surface area contributed by atoms with E-state index < -0.39 is 0 Å². The minimum absolute atomic E-state index is 0.0364. The molecule has 0 atom stereocenters. The molecule has 2 aromatic rings. The molecule has 0 spiro atoms. The molecule has 0 aliphatic carbocycles. The summed E-state index contributed by atoms with van der Waals surface area (Å²) in [6, 6.07) is 7.62. The number of hydrogen-bond donors (Lipinski definition) is 3. The highest BCUT2D eigenvalue weighted by Gasteiger charge is 2.07. The molecule has 1 heterocycles. The van der Waals surface area contributed by atoms with Crippen molar-refractivity contribution in [3.05, 3.63) is 51.0 Å². The summed E-state index contributed by atoms with van der Waals surface area (Å²) in [5.41, 5.74) is 2.78. The van der Waals surface area contributed by atoms with E-state index in [0.717, 1.165) is 22.7 Å². The zero-order chi connectivity index (χ0) is 18.9. The van der Waals surface area contributed by atoms with E-state index in [1.807, 2.05) is 38.1 Å². The predicted molar refractivity (Wildman–Crippen MR) is 108 cm³/mol. The highest BCUT2D eigenvalue weighted by Crippen LogP contribution is 2.15. The van der Waals surface area contributed by atoms with Crippen LogP contribution in [0.4, 0.5) is 0 Å². The Morgan fingerprint density at radius 2 is 1.96 bits per heavy atom. The Balaban J connectivity index is 1.88. The smallest absolute Gasteiger partial charge is 0.251 e. The van der Waals surface area contributed by atoms with Crippen molar-refractivity contribution in [3.8, 4) is 0 Å². The first-order valence-electron chi connectivity index (χ1n) is 8.78. The van der Waals surface area contributed by atoms with E-state index in [9.17, 15) is 4.79 Å². The quantitative estimate of drug-likeness (QED) is 0.515. The number of rotatable bonds is 7. The van der Waals surface area contributed by atoms with Crippen molar-refractivity contribution < 1.29 is 4.79 Å². The normalized spacial score (nSPS) is 11.3. The number of aromatic nitrogens is 1. The number of amides is 1. The molecule has 6 nitrogen and oxygen atoms in total. The van der Waals surface area contributed by atoms with Crippen LogP contribution in [0.2, 0.25) is 0 Å². The Hall–Kier alpha value is -2.41. The first-order chi connectivity index (χ1) is 12.5. The minimum Gasteiger partial charge on any atom is -0.352 e. The standard InChI is InChI=1S/C19H27N5OS/c1-5-9-21-18(25)16-8-6-7-15(10-16)11-22-19(20-4)23-12-17-24-13(2)14(3)26-17/h6-8,10H,5,9,11-12H2,1-4H3,(H,21,25)(H2,20,22,23). The second-order valence-electron chi connectivity index (χ2n) is 5.98. The largest absolute Gasteiger partial charge is 0.352 e. The number of aryl methyl sites for hydroxylation is 2. The average Bonchev–Trinajstić information content (AvgIpc) is 2.97. The summed E-state index contributed by atoms with van der Waals surface area (Å²) in [5.74, 6) is 0.669. The molecule has 0 aliphatic heterocycles. The molecule has 3 N–H and O–H groups in total. The Morgan fingerprint density at radius 1 is 1.19 bits per heavy atom. The number of carbonyl (C=O) groups is 1. The van der Waals surface area contributed by atoms with Crippen LogP contribution in [0.3, 0.4) is 0 Å². The van der Waals surface area contributed by atoms with E-state index >= 15 is 0 Å². The van der Waals surface area contributed by atoms with E-state index in [2.05, 4.69) is 32.9 Å². The van der Waals surface area contributed by atoms with Crippen LogP contribution in [-0.4, -0.2) is 30.4 Å². The van der Waals surface area contributed by atoms with Crippen molar-refractivity contribution in [3.63, 3.8) is 0 Å². The van der Waals surface area contributed by atoms with Gasteiger partial charge >= 0.3 is 0 Å². The fraction of sp³-hybridized carbons (Fsp3) is 0.421. The molecule has 0 radical (unpaired) electrons. The highest BCUT2D eigenvalue weighted by molar-refractivity contribution is 7.11. The summed E-state index contributed by atoms with van der Waals surface area (Å²) in [5, 5.41) is 10.5. The molecule has 140 valence electrons. The van der Waals surface area contributed by atoms with Gasteiger partial charge in [0.2, 0.25) is 0 Å². The van der Waals surface area contributed by atoms with Gasteiger partial charge < -0.3 is 16.0 Å². The van der Waals surface area contributed by atoms with Crippen molar-refractivity contribution >= 4 is 23.2 Å². The topological polar surface area (TPSA) is 78.4 Å². The Kier molecular flexibility index (Phi) is 7.59. The van der Waals surface area contributed by atoms with Crippen LogP contribution in [0.15, 0.2) is 29.3 Å². The van der Waals surface area contributed by atoms with E-state index in [1.165, 1.54) is 4.88 Å². The number of thiazole rings is 1. The van der Waals surface area contributed by atoms with Crippen LogP contribution in [0.25, 0.3) is 0 Å². The van der Waals surface area contributed by atoms with Crippen LogP contribution >= 0.6 is 11.3 Å². The molecule has 26 heavy (non-hydrogen) atoms. The van der Waals surface area contributed by atoms with Crippen molar-refractivity contribution in [1.82, 2.24) is 20.9 Å². The van der Waals surface area contributed by atoms with Gasteiger partial charge in [-0.2, -0.15) is 0 Å². The SMILES string of the molecule is CCCNC(=O)c1cccc(CNC(=NC)NCc2nc(C)c(C)s2)c1. The van der Waals surface area contributed by atoms with Gasteiger partial charge in [0.05, 0.1) is 12.2 Å². The maximum Gasteiger partial charge on any atom is 0.251 e. The number of nitrogens with zero attached hydrogens (tertiary/aromatic N) is 2. The molecule has 1 aromatic carbocycles. The van der Waals surface area contributed by atoms with E-state index in [1.54, 1.807) is 18.4 Å². The molecule has 0 saturated heterocycles. The number of benzene rings is 1. The third-order valence-electron chi connectivity index (χ3n) is 3.89. The molecule has 2 rings (SSSR count). The first-order valence-corrected chi connectivity index (χ1v) is 9.59. The van der Waals surface area contributed by atoms with Gasteiger partial charge in [-0.15, -0.1) is 11.3 Å². The van der Waals surface area contributed by atoms with Crippen molar-refractivity contribution in [2.24, 2.45) is 4.99 Å². The summed E-state index contributed by atoms with van der Waals surface area (Å²) >= 11 is 1.69. The molecule has 0 bridgehead atoms. The lowest BCUT2D eigenvalue weighted by molar-refractivity contribution is 0.0953. The molecule has 1 aromatic heterocycles. The zero-order valence-corrected chi connectivity index (χ0v) is 16.7. The van der Waals surface area contributed by atoms with Gasteiger partial charge in [0.15, 0.2) is 5.96 Å². The van der Waals surface area contributed by atoms with Crippen LogP contribution in [0, 0.1) is 13.8 Å². The van der Waals surface area contributed by atoms with Gasteiger partial charge in [0.25, 0.3) is 5.91 Å². The highest BCUT2D eigenvalue weighted by atomic mass is 32.1. The van der Waals surface area contributed by atoms with E-state index in [0.29, 0.717) is 31.2 Å². The van der Waals surface area contributed by atoms with E-state index in [4.69, 9.17) is 0 Å². The summed E-state index contributed by atoms with van der Waals surface area (Å²) in [4.78, 5) is 22.1. The molecule has 0 saturated carbocycles. The van der Waals surface area contributed by atoms with E-state index in [-0.39, 0.29) is 5.91 Å². The molecule has 0 aliphatic rings. The minimum atomic E-state index is -0.0364. The number of guanidine groups is 1. The van der Waals surface area contributed by atoms with Crippen molar-refractivity contribution in [2.45, 2.75) is 40.3 Å². The number of aliphatic imine (C=N–C) groups is 1. The predicted octanol–water partition coefficient (Wildman–Crippen LogP) is 2.76. The van der Waals surface area contributed by atoms with Crippen LogP contribution in [-0.2, 0) is 13.1 Å². The maximum absolute atomic E-state index is 12.1. The van der Waals surface area contributed by atoms with Crippen LogP contribution in [0.1, 0.15) is 44.8 Å². The lowest BCUT2D eigenvalue weighted by Crippen LogP contribution is -2.36. The van der Waals surface area contributed by atoms with Gasteiger partial charge in [-0.25, -0.2) is 4.98 Å². The van der Waals surface area contributed by atoms with Crippen molar-refractivity contribution in [2.75, 3.05) is 13.6 Å². The fourth-order valence-electron chi connectivity index (χ4n) is 2.34. The summed E-state index contributed by atoms with van der Waals surface area (Å²) in [6.07, 6.45) is 0.924. The van der Waals surface area contributed by atoms with Crippen LogP contribution in [0.5, 0.6) is 0 Å². The summed E-state index contributed by atoms with van der Waals surface area (Å²) in [6.45, 7) is 8.05. The molecular formula is C19H27N5OS. The molecular weight excluding hydrogens is 346 g/mol. The molecule has 0 fully saturated rings. The Bertz CT molecular complexity index is 750. The third kappa shape index (κ3) is 5.84. The molecule has 1 amide bonds.